The molecule has 2 nitrogen and oxygen atoms in total. The summed E-state index contributed by atoms with van der Waals surface area (Å²) in [7, 11) is 0. The molecule has 0 aliphatic heterocycles. The Morgan fingerprint density at radius 3 is 2.65 bits per heavy atom. The molecule has 0 bridgehead atoms. The molecule has 0 amide bonds. The second-order valence-corrected chi connectivity index (χ2v) is 6.98. The van der Waals surface area contributed by atoms with Gasteiger partial charge in [-0.2, -0.15) is 0 Å². The van der Waals surface area contributed by atoms with Crippen LogP contribution in [0, 0.1) is 11.3 Å². The van der Waals surface area contributed by atoms with Crippen LogP contribution in [0.5, 0.6) is 0 Å². The molecule has 0 aromatic heterocycles. The Labute approximate surface area is 122 Å². The summed E-state index contributed by atoms with van der Waals surface area (Å²) in [4.78, 5) is 0. The number of fused-ring (bicyclic) bond motifs is 1. The zero-order valence-corrected chi connectivity index (χ0v) is 12.6. The maximum atomic E-state index is 11.3. The van der Waals surface area contributed by atoms with E-state index in [0.717, 1.165) is 38.5 Å². The predicted molar refractivity (Wildman–Crippen MR) is 82.5 cm³/mol. The molecule has 110 valence electrons. The molecule has 2 aliphatic rings. The van der Waals surface area contributed by atoms with Gasteiger partial charge < -0.3 is 10.8 Å². The lowest BCUT2D eigenvalue weighted by atomic mass is 9.61. The van der Waals surface area contributed by atoms with Crippen molar-refractivity contribution in [1.29, 1.82) is 0 Å². The third-order valence-corrected chi connectivity index (χ3v) is 6.07. The summed E-state index contributed by atoms with van der Waals surface area (Å²) >= 11 is 0. The van der Waals surface area contributed by atoms with Gasteiger partial charge in [0.05, 0.1) is 5.60 Å². The van der Waals surface area contributed by atoms with Gasteiger partial charge in [0, 0.05) is 12.0 Å². The highest BCUT2D eigenvalue weighted by Crippen LogP contribution is 2.52. The topological polar surface area (TPSA) is 46.2 Å². The molecule has 1 saturated carbocycles. The van der Waals surface area contributed by atoms with E-state index in [2.05, 4.69) is 31.2 Å². The minimum Gasteiger partial charge on any atom is -0.389 e. The van der Waals surface area contributed by atoms with E-state index in [-0.39, 0.29) is 5.41 Å². The first-order chi connectivity index (χ1) is 9.62. The van der Waals surface area contributed by atoms with E-state index in [1.165, 1.54) is 17.5 Å². The maximum absolute atomic E-state index is 11.3. The van der Waals surface area contributed by atoms with Crippen LogP contribution in [0.2, 0.25) is 0 Å². The van der Waals surface area contributed by atoms with E-state index in [4.69, 9.17) is 5.73 Å². The Balaban J connectivity index is 1.90. The van der Waals surface area contributed by atoms with Crippen molar-refractivity contribution in [2.24, 2.45) is 17.1 Å². The third kappa shape index (κ3) is 2.10. The summed E-state index contributed by atoms with van der Waals surface area (Å²) in [5, 5.41) is 11.3. The molecular formula is C18H27NO. The van der Waals surface area contributed by atoms with Crippen molar-refractivity contribution < 1.29 is 5.11 Å². The molecule has 3 N–H and O–H groups in total. The predicted octanol–water partition coefficient (Wildman–Crippen LogP) is 3.06. The molecule has 2 heteroatoms. The van der Waals surface area contributed by atoms with Crippen LogP contribution < -0.4 is 5.73 Å². The molecule has 0 saturated heterocycles. The van der Waals surface area contributed by atoms with Gasteiger partial charge in [-0.05, 0) is 55.6 Å². The molecule has 3 rings (SSSR count). The molecule has 20 heavy (non-hydrogen) atoms. The van der Waals surface area contributed by atoms with Crippen molar-refractivity contribution in [3.05, 3.63) is 35.4 Å². The highest BCUT2D eigenvalue weighted by atomic mass is 16.3. The van der Waals surface area contributed by atoms with E-state index >= 15 is 0 Å². The second kappa shape index (κ2) is 5.16. The summed E-state index contributed by atoms with van der Waals surface area (Å²) in [6, 6.07) is 8.67. The van der Waals surface area contributed by atoms with Crippen LogP contribution in [0.4, 0.5) is 0 Å². The minimum absolute atomic E-state index is 0.106. The van der Waals surface area contributed by atoms with Crippen LogP contribution >= 0.6 is 0 Å². The number of hydrogen-bond acceptors (Lipinski definition) is 2. The fraction of sp³-hybridized carbons (Fsp3) is 0.667. The molecule has 1 aromatic carbocycles. The lowest BCUT2D eigenvalue weighted by Gasteiger charge is -2.48. The molecule has 1 aromatic rings. The average Bonchev–Trinajstić information content (AvgIpc) is 2.90. The summed E-state index contributed by atoms with van der Waals surface area (Å²) in [5.41, 5.74) is 8.39. The maximum Gasteiger partial charge on any atom is 0.0721 e. The van der Waals surface area contributed by atoms with Crippen LogP contribution in [-0.2, 0) is 12.8 Å². The second-order valence-electron chi connectivity index (χ2n) is 6.98. The fourth-order valence-corrected chi connectivity index (χ4v) is 4.52. The lowest BCUT2D eigenvalue weighted by Crippen LogP contribution is -2.54. The van der Waals surface area contributed by atoms with Gasteiger partial charge in [-0.25, -0.2) is 0 Å². The van der Waals surface area contributed by atoms with Gasteiger partial charge in [0.1, 0.15) is 0 Å². The van der Waals surface area contributed by atoms with Crippen LogP contribution in [0.25, 0.3) is 0 Å². The molecular weight excluding hydrogens is 246 g/mol. The first kappa shape index (κ1) is 14.1. The van der Waals surface area contributed by atoms with Crippen molar-refractivity contribution in [1.82, 2.24) is 0 Å². The van der Waals surface area contributed by atoms with Gasteiger partial charge in [-0.1, -0.05) is 37.6 Å². The van der Waals surface area contributed by atoms with Crippen LogP contribution in [0.3, 0.4) is 0 Å². The van der Waals surface area contributed by atoms with E-state index in [1.54, 1.807) is 0 Å². The normalized spacial score (nSPS) is 36.9. The summed E-state index contributed by atoms with van der Waals surface area (Å²) < 4.78 is 0. The van der Waals surface area contributed by atoms with E-state index in [0.29, 0.717) is 12.5 Å². The molecule has 0 heterocycles. The number of nitrogens with two attached hydrogens (primary N) is 1. The summed E-state index contributed by atoms with van der Waals surface area (Å²) in [5.74, 6) is 0.681. The number of benzene rings is 1. The van der Waals surface area contributed by atoms with Gasteiger partial charge in [0.2, 0.25) is 0 Å². The van der Waals surface area contributed by atoms with Crippen LogP contribution in [0.15, 0.2) is 24.3 Å². The Hall–Kier alpha value is -0.860. The minimum atomic E-state index is -0.546. The molecule has 0 spiro atoms. The highest BCUT2D eigenvalue weighted by molar-refractivity contribution is 5.32. The van der Waals surface area contributed by atoms with Crippen molar-refractivity contribution in [2.45, 2.75) is 57.5 Å². The largest absolute Gasteiger partial charge is 0.389 e. The number of aliphatic hydroxyl groups is 1. The van der Waals surface area contributed by atoms with Gasteiger partial charge in [-0.15, -0.1) is 0 Å². The quantitative estimate of drug-likeness (QED) is 0.889. The van der Waals surface area contributed by atoms with Gasteiger partial charge >= 0.3 is 0 Å². The van der Waals surface area contributed by atoms with Crippen molar-refractivity contribution in [2.75, 3.05) is 6.54 Å². The number of aryl methyl sites for hydroxylation is 1. The van der Waals surface area contributed by atoms with E-state index in [9.17, 15) is 5.11 Å². The smallest absolute Gasteiger partial charge is 0.0721 e. The zero-order chi connectivity index (χ0) is 14.2. The first-order valence-electron chi connectivity index (χ1n) is 8.12. The highest BCUT2D eigenvalue weighted by Gasteiger charge is 2.53. The molecule has 3 unspecified atom stereocenters. The molecule has 0 radical (unpaired) electrons. The SMILES string of the molecule is CCC1CCC(O)(C2(CN)CCc3ccccc3C2)C1. The monoisotopic (exact) mass is 273 g/mol. The standard InChI is InChI=1S/C18H27NO/c1-2-14-7-10-18(20,11-14)17(13-19)9-8-15-5-3-4-6-16(15)12-17/h3-6,14,20H,2,7-13,19H2,1H3. The number of rotatable bonds is 3. The van der Waals surface area contributed by atoms with Crippen molar-refractivity contribution in [3.63, 3.8) is 0 Å². The molecule has 2 aliphatic carbocycles. The van der Waals surface area contributed by atoms with Gasteiger partial charge in [-0.3, -0.25) is 0 Å². The summed E-state index contributed by atoms with van der Waals surface area (Å²) in [6.07, 6.45) is 7.27. The summed E-state index contributed by atoms with van der Waals surface area (Å²) in [6.45, 7) is 2.84. The van der Waals surface area contributed by atoms with Crippen LogP contribution in [0.1, 0.15) is 50.2 Å². The van der Waals surface area contributed by atoms with Crippen molar-refractivity contribution in [3.8, 4) is 0 Å². The average molecular weight is 273 g/mol. The Bertz CT molecular complexity index is 486. The Morgan fingerprint density at radius 1 is 1.25 bits per heavy atom. The van der Waals surface area contributed by atoms with E-state index < -0.39 is 5.60 Å². The fourth-order valence-electron chi connectivity index (χ4n) is 4.52. The third-order valence-electron chi connectivity index (χ3n) is 6.07. The van der Waals surface area contributed by atoms with Gasteiger partial charge in [0.25, 0.3) is 0 Å². The number of hydrogen-bond donors (Lipinski definition) is 2. The van der Waals surface area contributed by atoms with E-state index in [1.807, 2.05) is 0 Å². The Kier molecular flexibility index (Phi) is 3.64. The van der Waals surface area contributed by atoms with Crippen LogP contribution in [-0.4, -0.2) is 17.3 Å². The Morgan fingerprint density at radius 2 is 2.00 bits per heavy atom. The molecule has 1 fully saturated rings. The zero-order valence-electron chi connectivity index (χ0n) is 12.6. The van der Waals surface area contributed by atoms with Gasteiger partial charge in [0.15, 0.2) is 0 Å². The van der Waals surface area contributed by atoms with Crippen molar-refractivity contribution >= 4 is 0 Å². The molecule has 3 atom stereocenters. The first-order valence-corrected chi connectivity index (χ1v) is 8.12. The lowest BCUT2D eigenvalue weighted by molar-refractivity contribution is -0.0859.